The summed E-state index contributed by atoms with van der Waals surface area (Å²) in [6.07, 6.45) is 0. The monoisotopic (exact) mass is 339 g/mol. The second-order valence-electron chi connectivity index (χ2n) is 4.44. The van der Waals surface area contributed by atoms with Crippen molar-refractivity contribution in [3.8, 4) is 0 Å². The summed E-state index contributed by atoms with van der Waals surface area (Å²) in [6.45, 7) is 2.70. The molecule has 0 aromatic carbocycles. The van der Waals surface area contributed by atoms with E-state index in [-0.39, 0.29) is 23.2 Å². The Hall–Kier alpha value is -0.670. The fraction of sp³-hybridized carbons (Fsp3) is 0.545. The van der Waals surface area contributed by atoms with Gasteiger partial charge in [0.2, 0.25) is 10.0 Å². The maximum absolute atomic E-state index is 12.4. The lowest BCUT2D eigenvalue weighted by Crippen LogP contribution is -2.46. The summed E-state index contributed by atoms with van der Waals surface area (Å²) in [6, 6.07) is 1.50. The molecule has 2 rings (SSSR count). The highest BCUT2D eigenvalue weighted by atomic mass is 35.5. The zero-order chi connectivity index (χ0) is 14.0. The fourth-order valence-electron chi connectivity index (χ4n) is 1.86. The Morgan fingerprint density at radius 2 is 1.95 bits per heavy atom. The molecule has 2 heterocycles. The van der Waals surface area contributed by atoms with Crippen molar-refractivity contribution in [2.45, 2.75) is 4.90 Å². The zero-order valence-corrected chi connectivity index (χ0v) is 13.8. The van der Waals surface area contributed by atoms with E-state index in [0.717, 1.165) is 17.4 Å². The van der Waals surface area contributed by atoms with Gasteiger partial charge in [-0.25, -0.2) is 12.7 Å². The Bertz CT molecular complexity index is 565. The summed E-state index contributed by atoms with van der Waals surface area (Å²) >= 11 is 1.18. The van der Waals surface area contributed by atoms with Crippen molar-refractivity contribution in [1.29, 1.82) is 0 Å². The van der Waals surface area contributed by atoms with Crippen molar-refractivity contribution in [3.05, 3.63) is 16.3 Å². The van der Waals surface area contributed by atoms with Crippen molar-refractivity contribution < 1.29 is 13.2 Å². The van der Waals surface area contributed by atoms with Crippen LogP contribution in [0.4, 0.5) is 0 Å². The minimum absolute atomic E-state index is 0. The molecule has 20 heavy (non-hydrogen) atoms. The van der Waals surface area contributed by atoms with Gasteiger partial charge in [-0.15, -0.1) is 23.7 Å². The number of halogens is 1. The average molecular weight is 340 g/mol. The Morgan fingerprint density at radius 3 is 2.50 bits per heavy atom. The third-order valence-electron chi connectivity index (χ3n) is 2.99. The van der Waals surface area contributed by atoms with Crippen molar-refractivity contribution in [2.75, 3.05) is 40.3 Å². The van der Waals surface area contributed by atoms with Gasteiger partial charge >= 0.3 is 0 Å². The van der Waals surface area contributed by atoms with E-state index in [4.69, 9.17) is 0 Å². The molecule has 0 spiro atoms. The topological polar surface area (TPSA) is 69.7 Å². The first kappa shape index (κ1) is 17.4. The molecule has 1 saturated heterocycles. The molecule has 1 aromatic heterocycles. The molecule has 1 amide bonds. The minimum atomic E-state index is -3.57. The number of rotatable bonds is 3. The van der Waals surface area contributed by atoms with Crippen LogP contribution in [0.3, 0.4) is 0 Å². The largest absolute Gasteiger partial charge is 0.335 e. The van der Waals surface area contributed by atoms with Crippen LogP contribution < -0.4 is 5.32 Å². The summed E-state index contributed by atoms with van der Waals surface area (Å²) in [5.41, 5.74) is 0. The Kier molecular flexibility index (Phi) is 5.96. The molecule has 0 bridgehead atoms. The molecule has 114 valence electrons. The molecule has 1 aliphatic heterocycles. The quantitative estimate of drug-likeness (QED) is 0.869. The second kappa shape index (κ2) is 6.86. The Labute approximate surface area is 129 Å². The van der Waals surface area contributed by atoms with Crippen LogP contribution in [0, 0.1) is 0 Å². The van der Waals surface area contributed by atoms with Crippen molar-refractivity contribution >= 4 is 39.7 Å². The van der Waals surface area contributed by atoms with Gasteiger partial charge in [-0.2, -0.15) is 0 Å². The first-order valence-electron chi connectivity index (χ1n) is 5.94. The number of nitrogens with one attached hydrogen (secondary N) is 1. The van der Waals surface area contributed by atoms with Crippen molar-refractivity contribution in [1.82, 2.24) is 14.5 Å². The van der Waals surface area contributed by atoms with Crippen LogP contribution in [0.5, 0.6) is 0 Å². The van der Waals surface area contributed by atoms with Gasteiger partial charge in [0.05, 0.1) is 0 Å². The molecule has 1 aromatic rings. The smallest absolute Gasteiger partial charge is 0.265 e. The minimum Gasteiger partial charge on any atom is -0.335 e. The summed E-state index contributed by atoms with van der Waals surface area (Å²) < 4.78 is 25.4. The number of carbonyl (C=O) groups is 1. The highest BCUT2D eigenvalue weighted by Crippen LogP contribution is 2.25. The lowest BCUT2D eigenvalue weighted by molar-refractivity contribution is 0.0737. The first-order valence-corrected chi connectivity index (χ1v) is 8.26. The Balaban J connectivity index is 0.00000200. The van der Waals surface area contributed by atoms with Crippen LogP contribution >= 0.6 is 23.7 Å². The molecule has 1 aliphatic rings. The maximum Gasteiger partial charge on any atom is 0.265 e. The molecule has 0 atom stereocenters. The van der Waals surface area contributed by atoms with Crippen LogP contribution in [-0.4, -0.2) is 63.8 Å². The van der Waals surface area contributed by atoms with Crippen molar-refractivity contribution in [2.24, 2.45) is 0 Å². The van der Waals surface area contributed by atoms with E-state index in [2.05, 4.69) is 5.32 Å². The van der Waals surface area contributed by atoms with Crippen LogP contribution in [0.1, 0.15) is 9.67 Å². The van der Waals surface area contributed by atoms with Crippen LogP contribution in [0.25, 0.3) is 0 Å². The normalized spacial score (nSPS) is 16.1. The Morgan fingerprint density at radius 1 is 1.35 bits per heavy atom. The highest BCUT2D eigenvalue weighted by Gasteiger charge is 2.28. The number of amides is 1. The summed E-state index contributed by atoms with van der Waals surface area (Å²) in [5, 5.41) is 4.81. The predicted molar refractivity (Wildman–Crippen MR) is 81.2 cm³/mol. The van der Waals surface area contributed by atoms with Gasteiger partial charge in [0.1, 0.15) is 9.77 Å². The molecule has 0 aliphatic carbocycles. The molecular formula is C11H18ClN3O3S2. The number of piperazine rings is 1. The molecule has 1 N–H and O–H groups in total. The highest BCUT2D eigenvalue weighted by molar-refractivity contribution is 7.89. The summed E-state index contributed by atoms with van der Waals surface area (Å²) in [7, 11) is -0.639. The van der Waals surface area contributed by atoms with Gasteiger partial charge in [-0.05, 0) is 11.4 Å². The number of hydrogen-bond donors (Lipinski definition) is 1. The third-order valence-corrected chi connectivity index (χ3v) is 5.88. The number of sulfonamides is 1. The lowest BCUT2D eigenvalue weighted by atomic mass is 10.3. The number of thiophene rings is 1. The number of carbonyl (C=O) groups excluding carboxylic acids is 1. The molecule has 6 nitrogen and oxygen atoms in total. The van der Waals surface area contributed by atoms with Gasteiger partial charge in [-0.3, -0.25) is 4.79 Å². The second-order valence-corrected chi connectivity index (χ2v) is 7.48. The van der Waals surface area contributed by atoms with E-state index >= 15 is 0 Å². The van der Waals surface area contributed by atoms with Crippen LogP contribution in [0.15, 0.2) is 16.3 Å². The van der Waals surface area contributed by atoms with Crippen molar-refractivity contribution in [3.63, 3.8) is 0 Å². The SMILES string of the molecule is CN(C)S(=O)(=O)c1ccsc1C(=O)N1CCNCC1.Cl. The van der Waals surface area contributed by atoms with Crippen LogP contribution in [-0.2, 0) is 10.0 Å². The lowest BCUT2D eigenvalue weighted by Gasteiger charge is -2.27. The third kappa shape index (κ3) is 3.32. The van der Waals surface area contributed by atoms with Gasteiger partial charge in [0, 0.05) is 40.3 Å². The van der Waals surface area contributed by atoms with E-state index in [1.807, 2.05) is 0 Å². The van der Waals surface area contributed by atoms with Crippen LogP contribution in [0.2, 0.25) is 0 Å². The fourth-order valence-corrected chi connectivity index (χ4v) is 4.12. The molecule has 0 unspecified atom stereocenters. The van der Waals surface area contributed by atoms with E-state index in [1.54, 1.807) is 10.3 Å². The van der Waals surface area contributed by atoms with Gasteiger partial charge in [0.25, 0.3) is 5.91 Å². The van der Waals surface area contributed by atoms with E-state index in [0.29, 0.717) is 18.0 Å². The molecule has 0 saturated carbocycles. The number of nitrogens with zero attached hydrogens (tertiary/aromatic N) is 2. The summed E-state index contributed by atoms with van der Waals surface area (Å²) in [4.78, 5) is 14.5. The summed E-state index contributed by atoms with van der Waals surface area (Å²) in [5.74, 6) is -0.197. The maximum atomic E-state index is 12.4. The molecule has 0 radical (unpaired) electrons. The standard InChI is InChI=1S/C11H17N3O3S2.ClH/c1-13(2)19(16,17)9-3-8-18-10(9)11(15)14-6-4-12-5-7-14;/h3,8,12H,4-7H2,1-2H3;1H. The molecule has 1 fully saturated rings. The first-order chi connectivity index (χ1) is 8.94. The van der Waals surface area contributed by atoms with Gasteiger partial charge in [0.15, 0.2) is 0 Å². The molecular weight excluding hydrogens is 322 g/mol. The predicted octanol–water partition coefficient (Wildman–Crippen LogP) is 0.466. The van der Waals surface area contributed by atoms with E-state index in [1.165, 1.54) is 31.5 Å². The van der Waals surface area contributed by atoms with Gasteiger partial charge < -0.3 is 10.2 Å². The zero-order valence-electron chi connectivity index (χ0n) is 11.3. The van der Waals surface area contributed by atoms with Gasteiger partial charge in [-0.1, -0.05) is 0 Å². The average Bonchev–Trinajstić information content (AvgIpc) is 2.88. The van der Waals surface area contributed by atoms with E-state index < -0.39 is 10.0 Å². The molecule has 9 heteroatoms. The van der Waals surface area contributed by atoms with E-state index in [9.17, 15) is 13.2 Å². The number of hydrogen-bond acceptors (Lipinski definition) is 5.